The lowest BCUT2D eigenvalue weighted by molar-refractivity contribution is 0.257. The van der Waals surface area contributed by atoms with Crippen molar-refractivity contribution < 1.29 is 0 Å². The molecule has 3 unspecified atom stereocenters. The summed E-state index contributed by atoms with van der Waals surface area (Å²) >= 11 is 1.83. The fraction of sp³-hybridized carbons (Fsp3) is 0.750. The zero-order valence-electron chi connectivity index (χ0n) is 12.0. The molecule has 0 bridgehead atoms. The van der Waals surface area contributed by atoms with Crippen LogP contribution >= 0.6 is 11.3 Å². The van der Waals surface area contributed by atoms with E-state index >= 15 is 0 Å². The molecule has 0 aromatic carbocycles. The molecule has 2 nitrogen and oxygen atoms in total. The van der Waals surface area contributed by atoms with Gasteiger partial charge in [0, 0.05) is 18.6 Å². The molecule has 0 radical (unpaired) electrons. The van der Waals surface area contributed by atoms with Gasteiger partial charge in [0.25, 0.3) is 0 Å². The van der Waals surface area contributed by atoms with Crippen molar-refractivity contribution in [2.24, 2.45) is 5.92 Å². The van der Waals surface area contributed by atoms with Crippen LogP contribution in [0.3, 0.4) is 0 Å². The van der Waals surface area contributed by atoms with Gasteiger partial charge in [-0.15, -0.1) is 0 Å². The van der Waals surface area contributed by atoms with E-state index in [4.69, 9.17) is 0 Å². The number of hydrogen-bond acceptors (Lipinski definition) is 3. The van der Waals surface area contributed by atoms with E-state index in [1.54, 1.807) is 0 Å². The molecule has 1 aliphatic carbocycles. The first kappa shape index (κ1) is 13.6. The third-order valence-electron chi connectivity index (χ3n) is 4.95. The van der Waals surface area contributed by atoms with Crippen molar-refractivity contribution in [1.82, 2.24) is 10.6 Å². The Bertz CT molecular complexity index is 395. The molecule has 19 heavy (non-hydrogen) atoms. The van der Waals surface area contributed by atoms with Crippen LogP contribution in [0, 0.1) is 12.8 Å². The van der Waals surface area contributed by atoms with Crippen LogP contribution in [0.2, 0.25) is 0 Å². The molecule has 1 aromatic heterocycles. The van der Waals surface area contributed by atoms with Crippen molar-refractivity contribution in [3.8, 4) is 0 Å². The number of thiophene rings is 1. The molecular weight excluding hydrogens is 252 g/mol. The summed E-state index contributed by atoms with van der Waals surface area (Å²) in [5.74, 6) is 0.860. The summed E-state index contributed by atoms with van der Waals surface area (Å²) in [6.45, 7) is 4.52. The normalized spacial score (nSPS) is 31.7. The molecule has 1 saturated carbocycles. The van der Waals surface area contributed by atoms with E-state index in [1.165, 1.54) is 56.2 Å². The average molecular weight is 278 g/mol. The van der Waals surface area contributed by atoms with Gasteiger partial charge in [0.05, 0.1) is 0 Å². The van der Waals surface area contributed by atoms with Crippen molar-refractivity contribution in [2.45, 2.75) is 64.1 Å². The first-order valence-corrected chi connectivity index (χ1v) is 8.77. The van der Waals surface area contributed by atoms with Gasteiger partial charge in [-0.05, 0) is 67.0 Å². The average Bonchev–Trinajstić information content (AvgIpc) is 3.06. The monoisotopic (exact) mass is 278 g/mol. The third-order valence-corrected chi connectivity index (χ3v) is 5.86. The van der Waals surface area contributed by atoms with Gasteiger partial charge in [-0.1, -0.05) is 12.8 Å². The quantitative estimate of drug-likeness (QED) is 0.881. The van der Waals surface area contributed by atoms with Crippen LogP contribution in [-0.4, -0.2) is 18.6 Å². The molecule has 3 atom stereocenters. The van der Waals surface area contributed by atoms with Crippen LogP contribution in [0.1, 0.15) is 49.7 Å². The maximum absolute atomic E-state index is 3.84. The van der Waals surface area contributed by atoms with Crippen LogP contribution in [0.4, 0.5) is 0 Å². The van der Waals surface area contributed by atoms with E-state index < -0.39 is 0 Å². The maximum atomic E-state index is 3.84. The van der Waals surface area contributed by atoms with Gasteiger partial charge in [0.2, 0.25) is 0 Å². The molecule has 106 valence electrons. The second-order valence-electron chi connectivity index (χ2n) is 6.22. The van der Waals surface area contributed by atoms with Crippen LogP contribution in [0.15, 0.2) is 10.8 Å². The summed E-state index contributed by atoms with van der Waals surface area (Å²) in [5, 5.41) is 12.1. The highest BCUT2D eigenvalue weighted by molar-refractivity contribution is 7.08. The van der Waals surface area contributed by atoms with Crippen LogP contribution < -0.4 is 10.6 Å². The Labute approximate surface area is 121 Å². The summed E-state index contributed by atoms with van der Waals surface area (Å²) in [4.78, 5) is 0. The van der Waals surface area contributed by atoms with Gasteiger partial charge in [-0.3, -0.25) is 0 Å². The summed E-state index contributed by atoms with van der Waals surface area (Å²) in [7, 11) is 0. The predicted molar refractivity (Wildman–Crippen MR) is 82.7 cm³/mol. The van der Waals surface area contributed by atoms with E-state index in [0.717, 1.165) is 24.5 Å². The van der Waals surface area contributed by atoms with Crippen LogP contribution in [-0.2, 0) is 6.54 Å². The Morgan fingerprint density at radius 2 is 2.16 bits per heavy atom. The SMILES string of the molecule is Cc1cscc1CNC1CCCC1C1CCCCN1. The summed E-state index contributed by atoms with van der Waals surface area (Å²) in [6, 6.07) is 1.51. The maximum Gasteiger partial charge on any atom is 0.0219 e. The molecule has 2 fully saturated rings. The zero-order chi connectivity index (χ0) is 13.1. The Kier molecular flexibility index (Phi) is 4.57. The fourth-order valence-electron chi connectivity index (χ4n) is 3.78. The molecule has 1 saturated heterocycles. The Balaban J connectivity index is 1.55. The van der Waals surface area contributed by atoms with Crippen molar-refractivity contribution in [3.05, 3.63) is 21.9 Å². The molecule has 1 aliphatic heterocycles. The lowest BCUT2D eigenvalue weighted by Crippen LogP contribution is -2.46. The largest absolute Gasteiger partial charge is 0.314 e. The molecule has 2 heterocycles. The number of hydrogen-bond donors (Lipinski definition) is 2. The standard InChI is InChI=1S/C16H26N2S/c1-12-10-19-11-13(12)9-18-16-7-4-5-14(16)15-6-2-3-8-17-15/h10-11,14-18H,2-9H2,1H3. The zero-order valence-corrected chi connectivity index (χ0v) is 12.8. The minimum atomic E-state index is 0.731. The van der Waals surface area contributed by atoms with Crippen molar-refractivity contribution in [2.75, 3.05) is 6.54 Å². The van der Waals surface area contributed by atoms with E-state index in [-0.39, 0.29) is 0 Å². The van der Waals surface area contributed by atoms with Crippen LogP contribution in [0.25, 0.3) is 0 Å². The van der Waals surface area contributed by atoms with Gasteiger partial charge < -0.3 is 10.6 Å². The summed E-state index contributed by atoms with van der Waals surface area (Å²) in [6.07, 6.45) is 8.37. The minimum Gasteiger partial charge on any atom is -0.314 e. The lowest BCUT2D eigenvalue weighted by Gasteiger charge is -2.33. The molecule has 3 heteroatoms. The summed E-state index contributed by atoms with van der Waals surface area (Å²) < 4.78 is 0. The van der Waals surface area contributed by atoms with E-state index in [1.807, 2.05) is 11.3 Å². The van der Waals surface area contributed by atoms with Crippen molar-refractivity contribution in [3.63, 3.8) is 0 Å². The molecule has 1 aromatic rings. The lowest BCUT2D eigenvalue weighted by atomic mass is 9.88. The number of aryl methyl sites for hydroxylation is 1. The second-order valence-corrected chi connectivity index (χ2v) is 6.96. The highest BCUT2D eigenvalue weighted by Crippen LogP contribution is 2.32. The molecule has 0 amide bonds. The molecule has 0 spiro atoms. The third kappa shape index (κ3) is 3.21. The van der Waals surface area contributed by atoms with Crippen molar-refractivity contribution >= 4 is 11.3 Å². The molecule has 2 N–H and O–H groups in total. The van der Waals surface area contributed by atoms with Gasteiger partial charge in [0.1, 0.15) is 0 Å². The first-order valence-electron chi connectivity index (χ1n) is 7.83. The van der Waals surface area contributed by atoms with Gasteiger partial charge in [-0.2, -0.15) is 11.3 Å². The number of nitrogens with one attached hydrogen (secondary N) is 2. The fourth-order valence-corrected chi connectivity index (χ4v) is 4.63. The van der Waals surface area contributed by atoms with E-state index in [0.29, 0.717) is 0 Å². The van der Waals surface area contributed by atoms with Gasteiger partial charge in [0.15, 0.2) is 0 Å². The van der Waals surface area contributed by atoms with Gasteiger partial charge >= 0.3 is 0 Å². The molecule has 2 aliphatic rings. The highest BCUT2D eigenvalue weighted by Gasteiger charge is 2.33. The molecule has 3 rings (SSSR count). The smallest absolute Gasteiger partial charge is 0.0219 e. The highest BCUT2D eigenvalue weighted by atomic mass is 32.1. The second kappa shape index (κ2) is 6.38. The van der Waals surface area contributed by atoms with Crippen molar-refractivity contribution in [1.29, 1.82) is 0 Å². The van der Waals surface area contributed by atoms with E-state index in [2.05, 4.69) is 28.3 Å². The Morgan fingerprint density at radius 1 is 1.21 bits per heavy atom. The Morgan fingerprint density at radius 3 is 2.89 bits per heavy atom. The summed E-state index contributed by atoms with van der Waals surface area (Å²) in [5.41, 5.74) is 2.94. The predicted octanol–water partition coefficient (Wildman–Crippen LogP) is 3.46. The van der Waals surface area contributed by atoms with E-state index in [9.17, 15) is 0 Å². The number of piperidine rings is 1. The first-order chi connectivity index (χ1) is 9.34. The Hall–Kier alpha value is -0.380. The van der Waals surface area contributed by atoms with Crippen LogP contribution in [0.5, 0.6) is 0 Å². The topological polar surface area (TPSA) is 24.1 Å². The van der Waals surface area contributed by atoms with Gasteiger partial charge in [-0.25, -0.2) is 0 Å². The number of rotatable bonds is 4. The molecular formula is C16H26N2S. The minimum absolute atomic E-state index is 0.731.